The fraction of sp³-hybridized carbons (Fsp3) is 0.200. The monoisotopic (exact) mass is 279 g/mol. The quantitative estimate of drug-likeness (QED) is 0.624. The van der Waals surface area contributed by atoms with E-state index in [9.17, 15) is 17.6 Å². The normalized spacial score (nSPS) is 11.8. The van der Waals surface area contributed by atoms with Gasteiger partial charge in [0.15, 0.2) is 0 Å². The maximum absolute atomic E-state index is 13.5. The highest BCUT2D eigenvalue weighted by molar-refractivity contribution is 6.16. The lowest BCUT2D eigenvalue weighted by Gasteiger charge is -2.10. The van der Waals surface area contributed by atoms with Crippen molar-refractivity contribution >= 4 is 11.6 Å². The zero-order valence-electron chi connectivity index (χ0n) is 8.75. The minimum atomic E-state index is -4.55. The Morgan fingerprint density at radius 2 is 2.00 bits per heavy atom. The number of rotatable bonds is 2. The van der Waals surface area contributed by atoms with Gasteiger partial charge < -0.3 is 0 Å². The van der Waals surface area contributed by atoms with E-state index in [4.69, 9.17) is 11.6 Å². The molecule has 0 unspecified atom stereocenters. The van der Waals surface area contributed by atoms with E-state index in [1.54, 1.807) is 0 Å². The highest BCUT2D eigenvalue weighted by Crippen LogP contribution is 2.31. The molecule has 8 heteroatoms. The summed E-state index contributed by atoms with van der Waals surface area (Å²) in [5, 5.41) is 7.00. The summed E-state index contributed by atoms with van der Waals surface area (Å²) in [6.07, 6.45) is -3.29. The van der Waals surface area contributed by atoms with Gasteiger partial charge in [-0.15, -0.1) is 16.7 Å². The van der Waals surface area contributed by atoms with E-state index in [0.29, 0.717) is 17.8 Å². The molecule has 96 valence electrons. The largest absolute Gasteiger partial charge is 0.416 e. The van der Waals surface area contributed by atoms with E-state index < -0.39 is 17.6 Å². The fourth-order valence-electron chi connectivity index (χ4n) is 1.40. The van der Waals surface area contributed by atoms with E-state index in [-0.39, 0.29) is 11.6 Å². The molecule has 0 spiro atoms. The van der Waals surface area contributed by atoms with Crippen LogP contribution in [0.2, 0.25) is 0 Å². The molecular weight excluding hydrogens is 274 g/mol. The van der Waals surface area contributed by atoms with Crippen molar-refractivity contribution in [2.24, 2.45) is 0 Å². The van der Waals surface area contributed by atoms with Gasteiger partial charge in [-0.25, -0.2) is 9.07 Å². The second-order valence-corrected chi connectivity index (χ2v) is 3.70. The summed E-state index contributed by atoms with van der Waals surface area (Å²) in [5.74, 6) is -0.872. The summed E-state index contributed by atoms with van der Waals surface area (Å²) in [5.41, 5.74) is -0.997. The summed E-state index contributed by atoms with van der Waals surface area (Å²) in [7, 11) is 0. The Hall–Kier alpha value is -1.63. The van der Waals surface area contributed by atoms with Crippen LogP contribution in [0.25, 0.3) is 5.69 Å². The molecule has 0 bridgehead atoms. The Kier molecular flexibility index (Phi) is 3.25. The number of halogens is 5. The third-order valence-corrected chi connectivity index (χ3v) is 2.53. The minimum Gasteiger partial charge on any atom is -0.213 e. The maximum Gasteiger partial charge on any atom is 0.416 e. The zero-order valence-corrected chi connectivity index (χ0v) is 9.50. The van der Waals surface area contributed by atoms with Crippen LogP contribution in [0.4, 0.5) is 17.6 Å². The predicted molar refractivity (Wildman–Crippen MR) is 55.9 cm³/mol. The molecule has 0 radical (unpaired) electrons. The number of hydrogen-bond donors (Lipinski definition) is 0. The molecule has 0 N–H and O–H groups in total. The first-order valence-corrected chi connectivity index (χ1v) is 5.29. The third-order valence-electron chi connectivity index (χ3n) is 2.26. The molecule has 0 aliphatic carbocycles. The van der Waals surface area contributed by atoms with Crippen molar-refractivity contribution in [3.63, 3.8) is 0 Å². The lowest BCUT2D eigenvalue weighted by Crippen LogP contribution is -2.09. The average molecular weight is 280 g/mol. The average Bonchev–Trinajstić information content (AvgIpc) is 2.76. The number of benzene rings is 1. The fourth-order valence-corrected chi connectivity index (χ4v) is 1.58. The van der Waals surface area contributed by atoms with Gasteiger partial charge in [-0.3, -0.25) is 0 Å². The SMILES string of the molecule is Fc1ccc(C(F)(F)F)cc1-n1nncc1CCl. The van der Waals surface area contributed by atoms with Crippen molar-refractivity contribution in [1.82, 2.24) is 15.0 Å². The van der Waals surface area contributed by atoms with E-state index in [1.807, 2.05) is 0 Å². The Bertz CT molecular complexity index is 564. The molecule has 1 heterocycles. The van der Waals surface area contributed by atoms with Gasteiger partial charge in [0.1, 0.15) is 11.5 Å². The summed E-state index contributed by atoms with van der Waals surface area (Å²) in [6, 6.07) is 2.06. The number of hydrogen-bond acceptors (Lipinski definition) is 2. The first-order valence-electron chi connectivity index (χ1n) is 4.76. The van der Waals surface area contributed by atoms with E-state index >= 15 is 0 Å². The van der Waals surface area contributed by atoms with Crippen molar-refractivity contribution in [2.75, 3.05) is 0 Å². The molecule has 0 aliphatic heterocycles. The summed E-state index contributed by atoms with van der Waals surface area (Å²) in [6.45, 7) is 0. The second-order valence-electron chi connectivity index (χ2n) is 3.43. The van der Waals surface area contributed by atoms with Gasteiger partial charge in [0, 0.05) is 0 Å². The molecule has 3 nitrogen and oxygen atoms in total. The van der Waals surface area contributed by atoms with Crippen LogP contribution < -0.4 is 0 Å². The second kappa shape index (κ2) is 4.56. The first kappa shape index (κ1) is 12.8. The minimum absolute atomic E-state index is 0.0390. The highest BCUT2D eigenvalue weighted by Gasteiger charge is 2.31. The molecule has 2 aromatic rings. The Labute approximate surface area is 104 Å². The molecule has 1 aromatic heterocycles. The molecular formula is C10H6ClF4N3. The van der Waals surface area contributed by atoms with Crippen LogP contribution >= 0.6 is 11.6 Å². The van der Waals surface area contributed by atoms with Crippen LogP contribution in [-0.4, -0.2) is 15.0 Å². The van der Waals surface area contributed by atoms with Gasteiger partial charge in [-0.1, -0.05) is 5.21 Å². The molecule has 18 heavy (non-hydrogen) atoms. The topological polar surface area (TPSA) is 30.7 Å². The molecule has 0 saturated heterocycles. The van der Waals surface area contributed by atoms with Gasteiger partial charge >= 0.3 is 6.18 Å². The Morgan fingerprint density at radius 3 is 2.61 bits per heavy atom. The van der Waals surface area contributed by atoms with Crippen molar-refractivity contribution in [1.29, 1.82) is 0 Å². The van der Waals surface area contributed by atoms with Crippen LogP contribution in [0.5, 0.6) is 0 Å². The molecule has 0 atom stereocenters. The van der Waals surface area contributed by atoms with Gasteiger partial charge in [0.05, 0.1) is 23.3 Å². The van der Waals surface area contributed by atoms with E-state index in [2.05, 4.69) is 10.3 Å². The third kappa shape index (κ3) is 2.31. The molecule has 0 saturated carbocycles. The van der Waals surface area contributed by atoms with Gasteiger partial charge in [-0.05, 0) is 18.2 Å². The number of nitrogens with zero attached hydrogens (tertiary/aromatic N) is 3. The van der Waals surface area contributed by atoms with Crippen LogP contribution in [0.1, 0.15) is 11.3 Å². The first-order chi connectivity index (χ1) is 8.43. The molecule has 0 fully saturated rings. The number of aromatic nitrogens is 3. The van der Waals surface area contributed by atoms with Crippen molar-refractivity contribution in [3.05, 3.63) is 41.5 Å². The molecule has 0 aliphatic rings. The lowest BCUT2D eigenvalue weighted by atomic mass is 10.2. The molecule has 1 aromatic carbocycles. The van der Waals surface area contributed by atoms with Crippen molar-refractivity contribution in [3.8, 4) is 5.69 Å². The maximum atomic E-state index is 13.5. The van der Waals surface area contributed by atoms with Crippen LogP contribution in [-0.2, 0) is 12.1 Å². The zero-order chi connectivity index (χ0) is 13.3. The van der Waals surface area contributed by atoms with Crippen LogP contribution in [0.3, 0.4) is 0 Å². The Balaban J connectivity index is 2.57. The van der Waals surface area contributed by atoms with E-state index in [0.717, 1.165) is 10.7 Å². The summed E-state index contributed by atoms with van der Waals surface area (Å²) >= 11 is 5.56. The molecule has 2 rings (SSSR count). The van der Waals surface area contributed by atoms with Crippen molar-refractivity contribution in [2.45, 2.75) is 12.1 Å². The van der Waals surface area contributed by atoms with Gasteiger partial charge in [0.2, 0.25) is 0 Å². The Morgan fingerprint density at radius 1 is 1.28 bits per heavy atom. The summed E-state index contributed by atoms with van der Waals surface area (Å²) < 4.78 is 52.1. The van der Waals surface area contributed by atoms with Crippen LogP contribution in [0.15, 0.2) is 24.4 Å². The number of alkyl halides is 4. The lowest BCUT2D eigenvalue weighted by molar-refractivity contribution is -0.137. The van der Waals surface area contributed by atoms with Gasteiger partial charge in [0.25, 0.3) is 0 Å². The predicted octanol–water partition coefficient (Wildman–Crippen LogP) is 3.16. The highest BCUT2D eigenvalue weighted by atomic mass is 35.5. The smallest absolute Gasteiger partial charge is 0.213 e. The molecule has 0 amide bonds. The van der Waals surface area contributed by atoms with Crippen LogP contribution in [0, 0.1) is 5.82 Å². The standard InChI is InChI=1S/C10H6ClF4N3/c11-4-7-5-16-17-18(7)9-3-6(10(13,14)15)1-2-8(9)12/h1-3,5H,4H2. The van der Waals surface area contributed by atoms with Gasteiger partial charge in [-0.2, -0.15) is 13.2 Å². The summed E-state index contributed by atoms with van der Waals surface area (Å²) in [4.78, 5) is 0. The van der Waals surface area contributed by atoms with Crippen molar-refractivity contribution < 1.29 is 17.6 Å². The van der Waals surface area contributed by atoms with E-state index in [1.165, 1.54) is 6.20 Å².